The fraction of sp³-hybridized carbons (Fsp3) is 0.238. The third-order valence-corrected chi connectivity index (χ3v) is 5.27. The normalized spacial score (nSPS) is 14.4. The first-order valence-electron chi connectivity index (χ1n) is 8.46. The van der Waals surface area contributed by atoms with Gasteiger partial charge in [0.2, 0.25) is 0 Å². The summed E-state index contributed by atoms with van der Waals surface area (Å²) in [6.07, 6.45) is 0. The topological polar surface area (TPSA) is 46.6 Å². The van der Waals surface area contributed by atoms with Gasteiger partial charge in [0.25, 0.3) is 11.8 Å². The molecule has 0 unspecified atom stereocenters. The highest BCUT2D eigenvalue weighted by Gasteiger charge is 2.41. The van der Waals surface area contributed by atoms with Crippen molar-refractivity contribution in [3.63, 3.8) is 0 Å². The van der Waals surface area contributed by atoms with Crippen molar-refractivity contribution >= 4 is 34.8 Å². The molecule has 1 aliphatic rings. The van der Waals surface area contributed by atoms with E-state index in [2.05, 4.69) is 0 Å². The van der Waals surface area contributed by atoms with E-state index < -0.39 is 0 Å². The zero-order valence-electron chi connectivity index (χ0n) is 15.3. The van der Waals surface area contributed by atoms with Crippen LogP contribution in [0.5, 0.6) is 5.75 Å². The number of methoxy groups -OCH3 is 1. The van der Waals surface area contributed by atoms with E-state index >= 15 is 0 Å². The highest BCUT2D eigenvalue weighted by Crippen LogP contribution is 2.41. The standard InChI is InChI=1S/C21H21NO3S/c1-5-26-19-18(15-8-6-7-9-17(15)25-4)20(23)22(21(19)24)16-12-13(2)10-11-14(16)3/h6-12H,5H2,1-4H3. The van der Waals surface area contributed by atoms with Gasteiger partial charge in [-0.15, -0.1) is 11.8 Å². The summed E-state index contributed by atoms with van der Waals surface area (Å²) in [5, 5.41) is 0. The van der Waals surface area contributed by atoms with Crippen LogP contribution in [-0.4, -0.2) is 24.7 Å². The van der Waals surface area contributed by atoms with Crippen LogP contribution in [0.2, 0.25) is 0 Å². The van der Waals surface area contributed by atoms with E-state index in [0.29, 0.717) is 33.2 Å². The van der Waals surface area contributed by atoms with Crippen molar-refractivity contribution in [2.45, 2.75) is 20.8 Å². The molecule has 2 amide bonds. The average Bonchev–Trinajstić information content (AvgIpc) is 2.87. The van der Waals surface area contributed by atoms with Crippen LogP contribution in [0.25, 0.3) is 5.57 Å². The van der Waals surface area contributed by atoms with Gasteiger partial charge in [-0.05, 0) is 42.9 Å². The van der Waals surface area contributed by atoms with Gasteiger partial charge in [-0.2, -0.15) is 0 Å². The Kier molecular flexibility index (Phi) is 5.18. The Bertz CT molecular complexity index is 917. The Labute approximate surface area is 157 Å². The number of ether oxygens (including phenoxy) is 1. The minimum atomic E-state index is -0.302. The van der Waals surface area contributed by atoms with E-state index in [1.54, 1.807) is 13.2 Å². The predicted octanol–water partition coefficient (Wildman–Crippen LogP) is 4.35. The third kappa shape index (κ3) is 3.03. The molecule has 0 spiro atoms. The summed E-state index contributed by atoms with van der Waals surface area (Å²) in [5.74, 6) is 0.717. The van der Waals surface area contributed by atoms with Crippen LogP contribution in [0, 0.1) is 13.8 Å². The lowest BCUT2D eigenvalue weighted by atomic mass is 10.0. The van der Waals surface area contributed by atoms with E-state index in [0.717, 1.165) is 11.1 Å². The second-order valence-electron chi connectivity index (χ2n) is 6.07. The van der Waals surface area contributed by atoms with Crippen molar-refractivity contribution in [2.24, 2.45) is 0 Å². The summed E-state index contributed by atoms with van der Waals surface area (Å²) in [4.78, 5) is 28.2. The van der Waals surface area contributed by atoms with Gasteiger partial charge in [0.05, 0.1) is 23.3 Å². The first-order valence-corrected chi connectivity index (χ1v) is 9.44. The fourth-order valence-corrected chi connectivity index (χ4v) is 3.90. The van der Waals surface area contributed by atoms with Gasteiger partial charge >= 0.3 is 0 Å². The van der Waals surface area contributed by atoms with Gasteiger partial charge in [0.15, 0.2) is 0 Å². The lowest BCUT2D eigenvalue weighted by Crippen LogP contribution is -2.32. The Balaban J connectivity index is 2.18. The third-order valence-electron chi connectivity index (χ3n) is 4.31. The lowest BCUT2D eigenvalue weighted by Gasteiger charge is -2.18. The van der Waals surface area contributed by atoms with E-state index in [1.807, 2.05) is 57.2 Å². The van der Waals surface area contributed by atoms with E-state index in [4.69, 9.17) is 4.74 Å². The number of hydrogen-bond donors (Lipinski definition) is 0. The van der Waals surface area contributed by atoms with Gasteiger partial charge in [-0.3, -0.25) is 9.59 Å². The molecule has 0 aliphatic carbocycles. The van der Waals surface area contributed by atoms with Crippen molar-refractivity contribution in [2.75, 3.05) is 17.8 Å². The number of anilines is 1. The summed E-state index contributed by atoms with van der Waals surface area (Å²) in [5.41, 5.74) is 3.59. The maximum atomic E-state index is 13.3. The number of hydrogen-bond acceptors (Lipinski definition) is 4. The summed E-state index contributed by atoms with van der Waals surface area (Å²) >= 11 is 1.39. The van der Waals surface area contributed by atoms with Crippen LogP contribution >= 0.6 is 11.8 Å². The number of imide groups is 1. The summed E-state index contributed by atoms with van der Waals surface area (Å²) in [6, 6.07) is 13.1. The molecule has 26 heavy (non-hydrogen) atoms. The van der Waals surface area contributed by atoms with Crippen LogP contribution < -0.4 is 9.64 Å². The molecule has 1 aliphatic heterocycles. The Morgan fingerprint density at radius 3 is 2.46 bits per heavy atom. The van der Waals surface area contributed by atoms with Crippen molar-refractivity contribution in [3.05, 3.63) is 64.1 Å². The van der Waals surface area contributed by atoms with Crippen LogP contribution in [0.4, 0.5) is 5.69 Å². The molecule has 2 aromatic rings. The number of thioether (sulfide) groups is 1. The molecule has 5 heteroatoms. The van der Waals surface area contributed by atoms with E-state index in [1.165, 1.54) is 16.7 Å². The van der Waals surface area contributed by atoms with Gasteiger partial charge in [0.1, 0.15) is 5.75 Å². The molecule has 0 aromatic heterocycles. The number of carbonyl (C=O) groups excluding carboxylic acids is 2. The van der Waals surface area contributed by atoms with Crippen LogP contribution in [0.3, 0.4) is 0 Å². The number of aryl methyl sites for hydroxylation is 2. The maximum absolute atomic E-state index is 13.3. The molecule has 3 rings (SSSR count). The number of rotatable bonds is 5. The first-order chi connectivity index (χ1) is 12.5. The minimum Gasteiger partial charge on any atom is -0.496 e. The Hall–Kier alpha value is -2.53. The van der Waals surface area contributed by atoms with Crippen LogP contribution in [0.1, 0.15) is 23.6 Å². The maximum Gasteiger partial charge on any atom is 0.272 e. The number of amides is 2. The molecular formula is C21H21NO3S. The van der Waals surface area contributed by atoms with Gasteiger partial charge in [-0.25, -0.2) is 4.90 Å². The Morgan fingerprint density at radius 1 is 1.04 bits per heavy atom. The highest BCUT2D eigenvalue weighted by atomic mass is 32.2. The van der Waals surface area contributed by atoms with Gasteiger partial charge < -0.3 is 4.74 Å². The zero-order chi connectivity index (χ0) is 18.8. The number of benzene rings is 2. The van der Waals surface area contributed by atoms with E-state index in [9.17, 15) is 9.59 Å². The minimum absolute atomic E-state index is 0.267. The van der Waals surface area contributed by atoms with Crippen molar-refractivity contribution in [3.8, 4) is 5.75 Å². The molecule has 4 nitrogen and oxygen atoms in total. The lowest BCUT2D eigenvalue weighted by molar-refractivity contribution is -0.119. The monoisotopic (exact) mass is 367 g/mol. The molecule has 0 N–H and O–H groups in total. The van der Waals surface area contributed by atoms with E-state index in [-0.39, 0.29) is 11.8 Å². The Morgan fingerprint density at radius 2 is 1.77 bits per heavy atom. The summed E-state index contributed by atoms with van der Waals surface area (Å²) < 4.78 is 5.43. The number of nitrogens with zero attached hydrogens (tertiary/aromatic N) is 1. The average molecular weight is 367 g/mol. The smallest absolute Gasteiger partial charge is 0.272 e. The summed E-state index contributed by atoms with van der Waals surface area (Å²) in [7, 11) is 1.57. The molecule has 2 aromatic carbocycles. The van der Waals surface area contributed by atoms with Crippen LogP contribution in [0.15, 0.2) is 47.4 Å². The van der Waals surface area contributed by atoms with Gasteiger partial charge in [0, 0.05) is 5.56 Å². The van der Waals surface area contributed by atoms with Crippen LogP contribution in [-0.2, 0) is 9.59 Å². The first kappa shape index (κ1) is 18.3. The second kappa shape index (κ2) is 7.38. The summed E-state index contributed by atoms with van der Waals surface area (Å²) in [6.45, 7) is 5.82. The molecule has 0 radical (unpaired) electrons. The van der Waals surface area contributed by atoms with Crippen molar-refractivity contribution in [1.29, 1.82) is 0 Å². The molecule has 134 valence electrons. The zero-order valence-corrected chi connectivity index (χ0v) is 16.1. The highest BCUT2D eigenvalue weighted by molar-refractivity contribution is 8.04. The molecule has 0 fully saturated rings. The van der Waals surface area contributed by atoms with Gasteiger partial charge in [-0.1, -0.05) is 37.3 Å². The fourth-order valence-electron chi connectivity index (χ4n) is 3.06. The largest absolute Gasteiger partial charge is 0.496 e. The molecule has 0 saturated carbocycles. The molecule has 0 saturated heterocycles. The quantitative estimate of drug-likeness (QED) is 0.737. The molecule has 0 atom stereocenters. The number of para-hydroxylation sites is 1. The SMILES string of the molecule is CCSC1=C(c2ccccc2OC)C(=O)N(c2cc(C)ccc2C)C1=O. The number of carbonyl (C=O) groups is 2. The van der Waals surface area contributed by atoms with Crippen molar-refractivity contribution < 1.29 is 14.3 Å². The van der Waals surface area contributed by atoms with Crippen molar-refractivity contribution in [1.82, 2.24) is 0 Å². The molecule has 1 heterocycles. The second-order valence-corrected chi connectivity index (χ2v) is 7.35. The molecule has 0 bridgehead atoms. The predicted molar refractivity (Wildman–Crippen MR) is 106 cm³/mol. The molecular weight excluding hydrogens is 346 g/mol.